The van der Waals surface area contributed by atoms with E-state index in [-0.39, 0.29) is 23.5 Å². The molecule has 0 aromatic heterocycles. The van der Waals surface area contributed by atoms with E-state index in [9.17, 15) is 14.0 Å². The minimum atomic E-state index is -0.562. The zero-order valence-electron chi connectivity index (χ0n) is 11.4. The van der Waals surface area contributed by atoms with Crippen molar-refractivity contribution in [3.63, 3.8) is 0 Å². The summed E-state index contributed by atoms with van der Waals surface area (Å²) in [5.41, 5.74) is 6.03. The van der Waals surface area contributed by atoms with Gasteiger partial charge < -0.3 is 16.0 Å². The Morgan fingerprint density at radius 3 is 2.90 bits per heavy atom. The predicted molar refractivity (Wildman–Crippen MR) is 73.8 cm³/mol. The number of hydrogen-bond acceptors (Lipinski definition) is 3. The standard InChI is InChI=1S/C14H18FN3O2/c1-9(19)17-13-7-10(4-5-12(13)15)14(20)18-6-2-3-11(18)8-16/h4-5,7,11H,2-3,6,8,16H2,1H3,(H,17,19). The summed E-state index contributed by atoms with van der Waals surface area (Å²) in [6, 6.07) is 4.02. The van der Waals surface area contributed by atoms with Gasteiger partial charge in [-0.3, -0.25) is 9.59 Å². The van der Waals surface area contributed by atoms with Crippen molar-refractivity contribution in [3.8, 4) is 0 Å². The van der Waals surface area contributed by atoms with Gasteiger partial charge in [0, 0.05) is 31.6 Å². The van der Waals surface area contributed by atoms with Crippen LogP contribution in [0.25, 0.3) is 0 Å². The van der Waals surface area contributed by atoms with Crippen LogP contribution in [-0.4, -0.2) is 35.8 Å². The van der Waals surface area contributed by atoms with Crippen LogP contribution in [0, 0.1) is 5.82 Å². The molecule has 1 aromatic carbocycles. The number of benzene rings is 1. The minimum absolute atomic E-state index is 0.0202. The highest BCUT2D eigenvalue weighted by molar-refractivity contribution is 5.97. The fraction of sp³-hybridized carbons (Fsp3) is 0.429. The number of hydrogen-bond donors (Lipinski definition) is 2. The summed E-state index contributed by atoms with van der Waals surface area (Å²) in [6.07, 6.45) is 1.81. The summed E-state index contributed by atoms with van der Waals surface area (Å²) in [7, 11) is 0. The predicted octanol–water partition coefficient (Wildman–Crippen LogP) is 1.35. The van der Waals surface area contributed by atoms with Crippen LogP contribution in [0.4, 0.5) is 10.1 Å². The molecule has 5 nitrogen and oxygen atoms in total. The molecule has 0 bridgehead atoms. The van der Waals surface area contributed by atoms with Crippen LogP contribution in [0.3, 0.4) is 0 Å². The second-order valence-electron chi connectivity index (χ2n) is 4.91. The fourth-order valence-electron chi connectivity index (χ4n) is 2.46. The molecule has 6 heteroatoms. The molecule has 1 heterocycles. The molecule has 1 atom stereocenters. The number of carbonyl (C=O) groups excluding carboxylic acids is 2. The van der Waals surface area contributed by atoms with E-state index < -0.39 is 5.82 Å². The van der Waals surface area contributed by atoms with Crippen molar-refractivity contribution in [1.29, 1.82) is 0 Å². The van der Waals surface area contributed by atoms with Crippen LogP contribution in [0.2, 0.25) is 0 Å². The summed E-state index contributed by atoms with van der Waals surface area (Å²) in [4.78, 5) is 25.1. The number of carbonyl (C=O) groups is 2. The first-order chi connectivity index (χ1) is 9.52. The Kier molecular flexibility index (Phi) is 4.34. The molecule has 0 saturated carbocycles. The van der Waals surface area contributed by atoms with Crippen LogP contribution in [-0.2, 0) is 4.79 Å². The summed E-state index contributed by atoms with van der Waals surface area (Å²) in [6.45, 7) is 2.37. The Morgan fingerprint density at radius 2 is 2.25 bits per heavy atom. The van der Waals surface area contributed by atoms with Crippen molar-refractivity contribution in [2.45, 2.75) is 25.8 Å². The summed E-state index contributed by atoms with van der Waals surface area (Å²) in [5, 5.41) is 2.37. The Labute approximate surface area is 116 Å². The van der Waals surface area contributed by atoms with E-state index in [2.05, 4.69) is 5.32 Å². The quantitative estimate of drug-likeness (QED) is 0.877. The average Bonchev–Trinajstić information content (AvgIpc) is 2.88. The second kappa shape index (κ2) is 6.00. The zero-order valence-corrected chi connectivity index (χ0v) is 11.4. The van der Waals surface area contributed by atoms with Crippen molar-refractivity contribution >= 4 is 17.5 Å². The number of likely N-dealkylation sites (tertiary alicyclic amines) is 1. The second-order valence-corrected chi connectivity index (χ2v) is 4.91. The molecule has 1 aromatic rings. The molecule has 3 N–H and O–H groups in total. The molecule has 20 heavy (non-hydrogen) atoms. The largest absolute Gasteiger partial charge is 0.334 e. The molecule has 1 aliphatic rings. The van der Waals surface area contributed by atoms with Crippen LogP contribution in [0.1, 0.15) is 30.1 Å². The number of anilines is 1. The zero-order chi connectivity index (χ0) is 14.7. The third kappa shape index (κ3) is 2.96. The van der Waals surface area contributed by atoms with Crippen LogP contribution >= 0.6 is 0 Å². The van der Waals surface area contributed by atoms with Gasteiger partial charge in [0.25, 0.3) is 5.91 Å². The molecular weight excluding hydrogens is 261 g/mol. The molecule has 108 valence electrons. The lowest BCUT2D eigenvalue weighted by Crippen LogP contribution is -2.39. The highest BCUT2D eigenvalue weighted by Crippen LogP contribution is 2.22. The van der Waals surface area contributed by atoms with E-state index in [0.717, 1.165) is 12.8 Å². The fourth-order valence-corrected chi connectivity index (χ4v) is 2.46. The van der Waals surface area contributed by atoms with Crippen LogP contribution < -0.4 is 11.1 Å². The number of nitrogens with two attached hydrogens (primary N) is 1. The molecular formula is C14H18FN3O2. The van der Waals surface area contributed by atoms with Crippen molar-refractivity contribution < 1.29 is 14.0 Å². The monoisotopic (exact) mass is 279 g/mol. The Hall–Kier alpha value is -1.95. The Morgan fingerprint density at radius 1 is 1.50 bits per heavy atom. The van der Waals surface area contributed by atoms with Crippen molar-refractivity contribution in [3.05, 3.63) is 29.6 Å². The first-order valence-electron chi connectivity index (χ1n) is 6.61. The van der Waals surface area contributed by atoms with Gasteiger partial charge in [-0.25, -0.2) is 4.39 Å². The molecule has 2 amide bonds. The first-order valence-corrected chi connectivity index (χ1v) is 6.61. The van der Waals surface area contributed by atoms with E-state index in [1.807, 2.05) is 0 Å². The van der Waals surface area contributed by atoms with Crippen LogP contribution in [0.15, 0.2) is 18.2 Å². The minimum Gasteiger partial charge on any atom is -0.334 e. The van der Waals surface area contributed by atoms with Gasteiger partial charge in [0.05, 0.1) is 5.69 Å². The summed E-state index contributed by atoms with van der Waals surface area (Å²) in [5.74, 6) is -1.12. The van der Waals surface area contributed by atoms with Gasteiger partial charge in [-0.1, -0.05) is 0 Å². The van der Waals surface area contributed by atoms with E-state index in [1.54, 1.807) is 4.90 Å². The van der Waals surface area contributed by atoms with Crippen LogP contribution in [0.5, 0.6) is 0 Å². The normalized spacial score (nSPS) is 18.1. The molecule has 2 rings (SSSR count). The van der Waals surface area contributed by atoms with Gasteiger partial charge in [0.1, 0.15) is 5.82 Å². The number of nitrogens with one attached hydrogen (secondary N) is 1. The van der Waals surface area contributed by atoms with Gasteiger partial charge in [-0.05, 0) is 31.0 Å². The van der Waals surface area contributed by atoms with Crippen molar-refractivity contribution in [1.82, 2.24) is 4.90 Å². The number of halogens is 1. The molecule has 1 aliphatic heterocycles. The van der Waals surface area contributed by atoms with Crippen molar-refractivity contribution in [2.24, 2.45) is 5.73 Å². The lowest BCUT2D eigenvalue weighted by Gasteiger charge is -2.23. The average molecular weight is 279 g/mol. The smallest absolute Gasteiger partial charge is 0.254 e. The van der Waals surface area contributed by atoms with Gasteiger partial charge in [-0.15, -0.1) is 0 Å². The van der Waals surface area contributed by atoms with Gasteiger partial charge in [0.15, 0.2) is 0 Å². The molecule has 0 spiro atoms. The van der Waals surface area contributed by atoms with E-state index in [0.29, 0.717) is 18.7 Å². The summed E-state index contributed by atoms with van der Waals surface area (Å²) < 4.78 is 13.6. The number of amides is 2. The summed E-state index contributed by atoms with van der Waals surface area (Å²) >= 11 is 0. The highest BCUT2D eigenvalue weighted by Gasteiger charge is 2.28. The molecule has 1 unspecified atom stereocenters. The van der Waals surface area contributed by atoms with E-state index in [1.165, 1.54) is 25.1 Å². The molecule has 0 aliphatic carbocycles. The first kappa shape index (κ1) is 14.5. The van der Waals surface area contributed by atoms with E-state index >= 15 is 0 Å². The lowest BCUT2D eigenvalue weighted by molar-refractivity contribution is -0.114. The maximum Gasteiger partial charge on any atom is 0.254 e. The highest BCUT2D eigenvalue weighted by atomic mass is 19.1. The molecule has 1 fully saturated rings. The third-order valence-corrected chi connectivity index (χ3v) is 3.43. The maximum absolute atomic E-state index is 13.6. The van der Waals surface area contributed by atoms with Crippen molar-refractivity contribution in [2.75, 3.05) is 18.4 Å². The topological polar surface area (TPSA) is 75.4 Å². The SMILES string of the molecule is CC(=O)Nc1cc(C(=O)N2CCCC2CN)ccc1F. The number of nitrogens with zero attached hydrogens (tertiary/aromatic N) is 1. The number of rotatable bonds is 3. The maximum atomic E-state index is 13.6. The van der Waals surface area contributed by atoms with Gasteiger partial charge >= 0.3 is 0 Å². The molecule has 0 radical (unpaired) electrons. The Bertz CT molecular complexity index is 533. The third-order valence-electron chi connectivity index (χ3n) is 3.43. The Balaban J connectivity index is 2.24. The van der Waals surface area contributed by atoms with Gasteiger partial charge in [0.2, 0.25) is 5.91 Å². The van der Waals surface area contributed by atoms with Gasteiger partial charge in [-0.2, -0.15) is 0 Å². The molecule has 1 saturated heterocycles. The van der Waals surface area contributed by atoms with E-state index in [4.69, 9.17) is 5.73 Å². The lowest BCUT2D eigenvalue weighted by atomic mass is 10.1.